The number of hydrogen-bond acceptors (Lipinski definition) is 4. The third-order valence-corrected chi connectivity index (χ3v) is 5.62. The number of carbonyl (C=O) groups is 1. The molecule has 138 valence electrons. The molecule has 0 saturated carbocycles. The van der Waals surface area contributed by atoms with Gasteiger partial charge < -0.3 is 4.74 Å². The van der Waals surface area contributed by atoms with Crippen LogP contribution in [0.3, 0.4) is 0 Å². The van der Waals surface area contributed by atoms with Crippen molar-refractivity contribution in [2.75, 3.05) is 6.54 Å². The number of benzene rings is 2. The molecule has 0 spiro atoms. The second kappa shape index (κ2) is 8.93. The van der Waals surface area contributed by atoms with Crippen LogP contribution in [0.2, 0.25) is 10.0 Å². The van der Waals surface area contributed by atoms with Crippen molar-refractivity contribution in [3.8, 4) is 5.75 Å². The van der Waals surface area contributed by atoms with Crippen LogP contribution in [-0.2, 0) is 11.4 Å². The maximum Gasteiger partial charge on any atom is 0.266 e. The Hall–Kier alpha value is -1.79. The molecule has 27 heavy (non-hydrogen) atoms. The van der Waals surface area contributed by atoms with E-state index in [1.807, 2.05) is 24.3 Å². The van der Waals surface area contributed by atoms with Gasteiger partial charge >= 0.3 is 0 Å². The number of thioether (sulfide) groups is 1. The highest BCUT2D eigenvalue weighted by molar-refractivity contribution is 8.26. The van der Waals surface area contributed by atoms with Gasteiger partial charge in [0.25, 0.3) is 5.91 Å². The van der Waals surface area contributed by atoms with Crippen LogP contribution in [0.1, 0.15) is 11.1 Å². The molecule has 0 aliphatic carbocycles. The zero-order valence-corrected chi connectivity index (χ0v) is 17.3. The molecule has 0 N–H and O–H groups in total. The Morgan fingerprint density at radius 3 is 2.56 bits per heavy atom. The zero-order valence-electron chi connectivity index (χ0n) is 14.2. The van der Waals surface area contributed by atoms with Crippen molar-refractivity contribution < 1.29 is 9.53 Å². The number of nitrogens with zero attached hydrogens (tertiary/aromatic N) is 1. The average molecular weight is 436 g/mol. The zero-order chi connectivity index (χ0) is 19.4. The largest absolute Gasteiger partial charge is 0.488 e. The smallest absolute Gasteiger partial charge is 0.266 e. The summed E-state index contributed by atoms with van der Waals surface area (Å²) >= 11 is 18.6. The summed E-state index contributed by atoms with van der Waals surface area (Å²) in [4.78, 5) is 14.6. The number of thiocarbonyl (C=S) groups is 1. The average Bonchev–Trinajstić information content (AvgIpc) is 2.90. The van der Waals surface area contributed by atoms with Gasteiger partial charge in [-0.25, -0.2) is 0 Å². The maximum absolute atomic E-state index is 12.5. The Kier molecular flexibility index (Phi) is 6.60. The van der Waals surface area contributed by atoms with Crippen molar-refractivity contribution in [1.29, 1.82) is 0 Å². The Bertz CT molecular complexity index is 926. The molecule has 1 saturated heterocycles. The molecule has 0 bridgehead atoms. The predicted molar refractivity (Wildman–Crippen MR) is 117 cm³/mol. The van der Waals surface area contributed by atoms with E-state index in [4.69, 9.17) is 40.2 Å². The monoisotopic (exact) mass is 435 g/mol. The summed E-state index contributed by atoms with van der Waals surface area (Å²) in [5, 5.41) is 1.23. The first-order valence-corrected chi connectivity index (χ1v) is 9.99. The summed E-state index contributed by atoms with van der Waals surface area (Å²) in [5.41, 5.74) is 1.70. The second-order valence-electron chi connectivity index (χ2n) is 5.68. The van der Waals surface area contributed by atoms with Crippen molar-refractivity contribution >= 4 is 63.5 Å². The van der Waals surface area contributed by atoms with E-state index in [0.29, 0.717) is 38.2 Å². The summed E-state index contributed by atoms with van der Waals surface area (Å²) in [6.07, 6.45) is 3.40. The quantitative estimate of drug-likeness (QED) is 0.318. The van der Waals surface area contributed by atoms with E-state index in [9.17, 15) is 4.79 Å². The van der Waals surface area contributed by atoms with Crippen molar-refractivity contribution in [3.63, 3.8) is 0 Å². The minimum Gasteiger partial charge on any atom is -0.488 e. The van der Waals surface area contributed by atoms with Gasteiger partial charge in [-0.05, 0) is 42.0 Å². The SMILES string of the molecule is C=CCN1C(=O)/C(=C\c2cc(Cl)ccc2OCc2ccc(Cl)cc2)SC1=S. The Morgan fingerprint density at radius 1 is 1.15 bits per heavy atom. The third kappa shape index (κ3) is 4.93. The van der Waals surface area contributed by atoms with Crippen molar-refractivity contribution in [3.05, 3.63) is 81.2 Å². The van der Waals surface area contributed by atoms with Gasteiger partial charge in [0.15, 0.2) is 0 Å². The molecule has 1 amide bonds. The summed E-state index contributed by atoms with van der Waals surface area (Å²) in [6.45, 7) is 4.42. The van der Waals surface area contributed by atoms with Crippen molar-refractivity contribution in [1.82, 2.24) is 4.90 Å². The molecule has 0 radical (unpaired) electrons. The molecule has 2 aromatic rings. The van der Waals surface area contributed by atoms with E-state index in [2.05, 4.69) is 6.58 Å². The van der Waals surface area contributed by atoms with E-state index < -0.39 is 0 Å². The molecule has 0 aromatic heterocycles. The van der Waals surface area contributed by atoms with Gasteiger partial charge in [-0.15, -0.1) is 6.58 Å². The van der Waals surface area contributed by atoms with Gasteiger partial charge in [0.1, 0.15) is 16.7 Å². The normalized spacial score (nSPS) is 15.5. The van der Waals surface area contributed by atoms with Crippen LogP contribution in [-0.4, -0.2) is 21.7 Å². The van der Waals surface area contributed by atoms with Crippen LogP contribution in [0.15, 0.2) is 60.0 Å². The number of hydrogen-bond donors (Lipinski definition) is 0. The van der Waals surface area contributed by atoms with Gasteiger partial charge in [-0.3, -0.25) is 9.69 Å². The second-order valence-corrected chi connectivity index (χ2v) is 8.23. The summed E-state index contributed by atoms with van der Waals surface area (Å²) in [7, 11) is 0. The molecule has 1 heterocycles. The molecule has 1 aliphatic heterocycles. The van der Waals surface area contributed by atoms with Gasteiger partial charge in [0, 0.05) is 22.2 Å². The minimum absolute atomic E-state index is 0.145. The van der Waals surface area contributed by atoms with Crippen LogP contribution in [0, 0.1) is 0 Å². The highest BCUT2D eigenvalue weighted by atomic mass is 35.5. The van der Waals surface area contributed by atoms with Gasteiger partial charge in [0.05, 0.1) is 4.91 Å². The third-order valence-electron chi connectivity index (χ3n) is 3.75. The Labute approximate surface area is 177 Å². The molecule has 3 rings (SSSR count). The van der Waals surface area contributed by atoms with Crippen LogP contribution >= 0.6 is 47.2 Å². The molecule has 1 aliphatic rings. The lowest BCUT2D eigenvalue weighted by atomic mass is 10.1. The molecular weight excluding hydrogens is 421 g/mol. The van der Waals surface area contributed by atoms with Gasteiger partial charge in [-0.1, -0.05) is 65.4 Å². The van der Waals surface area contributed by atoms with Crippen molar-refractivity contribution in [2.45, 2.75) is 6.61 Å². The molecule has 0 unspecified atom stereocenters. The van der Waals surface area contributed by atoms with E-state index in [1.54, 1.807) is 30.4 Å². The first-order valence-electron chi connectivity index (χ1n) is 8.01. The fraction of sp³-hybridized carbons (Fsp3) is 0.100. The van der Waals surface area contributed by atoms with Crippen LogP contribution in [0.4, 0.5) is 0 Å². The Balaban J connectivity index is 1.84. The number of amides is 1. The van der Waals surface area contributed by atoms with Crippen LogP contribution < -0.4 is 4.74 Å². The fourth-order valence-corrected chi connectivity index (χ4v) is 4.01. The lowest BCUT2D eigenvalue weighted by Gasteiger charge is -2.11. The van der Waals surface area contributed by atoms with E-state index >= 15 is 0 Å². The van der Waals surface area contributed by atoms with Gasteiger partial charge in [-0.2, -0.15) is 0 Å². The molecule has 0 atom stereocenters. The summed E-state index contributed by atoms with van der Waals surface area (Å²) < 4.78 is 6.45. The number of rotatable bonds is 6. The molecular formula is C20H15Cl2NO2S2. The lowest BCUT2D eigenvalue weighted by Crippen LogP contribution is -2.27. The number of ether oxygens (including phenoxy) is 1. The molecule has 2 aromatic carbocycles. The molecule has 3 nitrogen and oxygen atoms in total. The van der Waals surface area contributed by atoms with Crippen molar-refractivity contribution in [2.24, 2.45) is 0 Å². The standard InChI is InChI=1S/C20H15Cl2NO2S2/c1-2-9-23-19(24)18(27-20(23)26)11-14-10-16(22)7-8-17(14)25-12-13-3-5-15(21)6-4-13/h2-8,10-11H,1,9,12H2/b18-11+. The number of halogens is 2. The van der Waals surface area contributed by atoms with E-state index in [1.165, 1.54) is 16.7 Å². The first kappa shape index (κ1) is 20.0. The summed E-state index contributed by atoms with van der Waals surface area (Å²) in [6, 6.07) is 12.7. The fourth-order valence-electron chi connectivity index (χ4n) is 2.43. The minimum atomic E-state index is -0.145. The Morgan fingerprint density at radius 2 is 1.85 bits per heavy atom. The first-order chi connectivity index (χ1) is 13.0. The van der Waals surface area contributed by atoms with Crippen LogP contribution in [0.5, 0.6) is 5.75 Å². The topological polar surface area (TPSA) is 29.5 Å². The molecule has 7 heteroatoms. The lowest BCUT2D eigenvalue weighted by molar-refractivity contribution is -0.121. The summed E-state index contributed by atoms with van der Waals surface area (Å²) in [5.74, 6) is 0.483. The van der Waals surface area contributed by atoms with Crippen LogP contribution in [0.25, 0.3) is 6.08 Å². The predicted octanol–water partition coefficient (Wildman–Crippen LogP) is 5.96. The highest BCUT2D eigenvalue weighted by Crippen LogP contribution is 2.35. The highest BCUT2D eigenvalue weighted by Gasteiger charge is 2.31. The van der Waals surface area contributed by atoms with E-state index in [-0.39, 0.29) is 5.91 Å². The molecule has 1 fully saturated rings. The van der Waals surface area contributed by atoms with E-state index in [0.717, 1.165) is 11.1 Å². The maximum atomic E-state index is 12.5. The number of carbonyl (C=O) groups excluding carboxylic acids is 1. The van der Waals surface area contributed by atoms with Gasteiger partial charge in [0.2, 0.25) is 0 Å².